The van der Waals surface area contributed by atoms with Crippen molar-refractivity contribution in [3.63, 3.8) is 0 Å². The Balaban J connectivity index is 1.94. The zero-order valence-electron chi connectivity index (χ0n) is 12.8. The molecule has 1 aromatic rings. The van der Waals surface area contributed by atoms with E-state index in [0.717, 1.165) is 37.7 Å². The van der Waals surface area contributed by atoms with Crippen LogP contribution in [0, 0.1) is 13.8 Å². The molecule has 1 aliphatic heterocycles. The van der Waals surface area contributed by atoms with Gasteiger partial charge in [0.2, 0.25) is 10.0 Å². The second-order valence-corrected chi connectivity index (χ2v) is 7.53. The van der Waals surface area contributed by atoms with Crippen molar-refractivity contribution in [3.05, 3.63) is 11.6 Å². The number of rotatable bonds is 6. The van der Waals surface area contributed by atoms with E-state index < -0.39 is 10.0 Å². The predicted molar refractivity (Wildman–Crippen MR) is 81.3 cm³/mol. The van der Waals surface area contributed by atoms with E-state index in [9.17, 15) is 8.42 Å². The fraction of sp³-hybridized carbons (Fsp3) is 0.846. The molecule has 2 heterocycles. The van der Waals surface area contributed by atoms with Crippen molar-refractivity contribution in [1.29, 1.82) is 0 Å². The first kappa shape index (κ1) is 16.4. The van der Waals surface area contributed by atoms with Crippen LogP contribution in [0.15, 0.2) is 0 Å². The van der Waals surface area contributed by atoms with E-state index in [2.05, 4.69) is 15.0 Å². The Morgan fingerprint density at radius 3 is 2.71 bits per heavy atom. The minimum absolute atomic E-state index is 0.0533. The molecule has 120 valence electrons. The highest BCUT2D eigenvalue weighted by Gasteiger charge is 2.23. The first-order valence-corrected chi connectivity index (χ1v) is 9.19. The summed E-state index contributed by atoms with van der Waals surface area (Å²) in [5.41, 5.74) is 0. The predicted octanol–water partition coefficient (Wildman–Crippen LogP) is 0.428. The van der Waals surface area contributed by atoms with Crippen molar-refractivity contribution in [2.45, 2.75) is 52.1 Å². The van der Waals surface area contributed by atoms with E-state index in [0.29, 0.717) is 12.5 Å². The summed E-state index contributed by atoms with van der Waals surface area (Å²) in [6.45, 7) is 6.47. The van der Waals surface area contributed by atoms with E-state index in [1.165, 1.54) is 12.8 Å². The number of hydrogen-bond donors (Lipinski definition) is 1. The van der Waals surface area contributed by atoms with Crippen molar-refractivity contribution >= 4 is 10.0 Å². The fourth-order valence-corrected chi connectivity index (χ4v) is 3.50. The number of nitrogens with zero attached hydrogens (tertiary/aromatic N) is 4. The van der Waals surface area contributed by atoms with Gasteiger partial charge in [0.05, 0.1) is 12.3 Å². The molecule has 0 radical (unpaired) electrons. The fourth-order valence-electron chi connectivity index (χ4n) is 2.96. The quantitative estimate of drug-likeness (QED) is 0.821. The summed E-state index contributed by atoms with van der Waals surface area (Å²) < 4.78 is 24.0. The lowest BCUT2D eigenvalue weighted by Crippen LogP contribution is -2.43. The van der Waals surface area contributed by atoms with E-state index in [-0.39, 0.29) is 5.75 Å². The lowest BCUT2D eigenvalue weighted by molar-refractivity contribution is 0.129. The smallest absolute Gasteiger partial charge is 0.209 e. The Kier molecular flexibility index (Phi) is 5.34. The number of likely N-dealkylation sites (tertiary alicyclic amines) is 1. The van der Waals surface area contributed by atoms with Crippen LogP contribution in [0.3, 0.4) is 0 Å². The van der Waals surface area contributed by atoms with Gasteiger partial charge >= 0.3 is 0 Å². The molecule has 2 rings (SSSR count). The normalized spacial score (nSPS) is 20.8. The van der Waals surface area contributed by atoms with Crippen molar-refractivity contribution in [2.75, 3.05) is 18.8 Å². The van der Waals surface area contributed by atoms with Crippen LogP contribution in [0.1, 0.15) is 37.3 Å². The summed E-state index contributed by atoms with van der Waals surface area (Å²) in [5.74, 6) is 1.78. The van der Waals surface area contributed by atoms with Gasteiger partial charge in [0, 0.05) is 6.04 Å². The molecule has 0 spiro atoms. The lowest BCUT2D eigenvalue weighted by atomic mass is 10.0. The third-order valence-electron chi connectivity index (χ3n) is 3.97. The number of nitrogens with two attached hydrogens (primary N) is 1. The van der Waals surface area contributed by atoms with Crippen LogP contribution >= 0.6 is 0 Å². The molecule has 0 amide bonds. The molecule has 1 aliphatic rings. The van der Waals surface area contributed by atoms with Crippen LogP contribution in [0.25, 0.3) is 0 Å². The highest BCUT2D eigenvalue weighted by atomic mass is 32.2. The average Bonchev–Trinajstić information content (AvgIpc) is 2.68. The largest absolute Gasteiger partial charge is 0.299 e. The Labute approximate surface area is 126 Å². The maximum atomic E-state index is 11.0. The SMILES string of the molecule is Cc1nc(C)n(C[C@H]2CCCCN2CCCS(N)(=O)=O)n1. The molecule has 1 atom stereocenters. The monoisotopic (exact) mass is 315 g/mol. The molecular formula is C13H25N5O2S. The van der Waals surface area contributed by atoms with Gasteiger partial charge in [-0.1, -0.05) is 6.42 Å². The van der Waals surface area contributed by atoms with Crippen LogP contribution in [-0.2, 0) is 16.6 Å². The van der Waals surface area contributed by atoms with Crippen LogP contribution in [0.2, 0.25) is 0 Å². The highest BCUT2D eigenvalue weighted by Crippen LogP contribution is 2.19. The van der Waals surface area contributed by atoms with Crippen molar-refractivity contribution in [2.24, 2.45) is 5.14 Å². The first-order chi connectivity index (χ1) is 9.85. The zero-order valence-corrected chi connectivity index (χ0v) is 13.6. The van der Waals surface area contributed by atoms with Crippen molar-refractivity contribution < 1.29 is 8.42 Å². The van der Waals surface area contributed by atoms with Gasteiger partial charge < -0.3 is 0 Å². The minimum atomic E-state index is -3.36. The van der Waals surface area contributed by atoms with E-state index in [1.54, 1.807) is 0 Å². The second-order valence-electron chi connectivity index (χ2n) is 5.79. The minimum Gasteiger partial charge on any atom is -0.299 e. The van der Waals surface area contributed by atoms with E-state index in [1.807, 2.05) is 18.5 Å². The molecule has 0 aromatic carbocycles. The Hall–Kier alpha value is -0.990. The number of aryl methyl sites for hydroxylation is 2. The van der Waals surface area contributed by atoms with Gasteiger partial charge in [-0.15, -0.1) is 0 Å². The third-order valence-corrected chi connectivity index (χ3v) is 4.83. The second kappa shape index (κ2) is 6.85. The van der Waals surface area contributed by atoms with Crippen molar-refractivity contribution in [1.82, 2.24) is 19.7 Å². The summed E-state index contributed by atoms with van der Waals surface area (Å²) in [7, 11) is -3.36. The molecule has 1 saturated heterocycles. The Morgan fingerprint density at radius 1 is 1.33 bits per heavy atom. The summed E-state index contributed by atoms with van der Waals surface area (Å²) in [6.07, 6.45) is 4.09. The summed E-state index contributed by atoms with van der Waals surface area (Å²) in [5, 5.41) is 9.48. The van der Waals surface area contributed by atoms with Crippen LogP contribution < -0.4 is 5.14 Å². The maximum absolute atomic E-state index is 11.0. The molecule has 8 heteroatoms. The number of piperidine rings is 1. The molecule has 0 aliphatic carbocycles. The van der Waals surface area contributed by atoms with Gasteiger partial charge in [-0.05, 0) is 46.2 Å². The van der Waals surface area contributed by atoms with Gasteiger partial charge in [0.25, 0.3) is 0 Å². The maximum Gasteiger partial charge on any atom is 0.209 e. The molecule has 7 nitrogen and oxygen atoms in total. The molecule has 1 aromatic heterocycles. The van der Waals surface area contributed by atoms with Crippen LogP contribution in [0.5, 0.6) is 0 Å². The standard InChI is InChI=1S/C13H25N5O2S/c1-11-15-12(2)18(16-11)10-13-6-3-4-7-17(13)8-5-9-21(14,19)20/h13H,3-10H2,1-2H3,(H2,14,19,20)/t13-/m1/s1. The molecule has 2 N–H and O–H groups in total. The van der Waals surface area contributed by atoms with Gasteiger partial charge in [0.1, 0.15) is 11.6 Å². The number of aromatic nitrogens is 3. The number of hydrogen-bond acceptors (Lipinski definition) is 5. The molecule has 1 fully saturated rings. The Bertz CT molecular complexity index is 569. The van der Waals surface area contributed by atoms with Gasteiger partial charge in [-0.2, -0.15) is 5.10 Å². The first-order valence-electron chi connectivity index (χ1n) is 7.48. The van der Waals surface area contributed by atoms with Gasteiger partial charge in [-0.3, -0.25) is 4.90 Å². The summed E-state index contributed by atoms with van der Waals surface area (Å²) >= 11 is 0. The van der Waals surface area contributed by atoms with Gasteiger partial charge in [0.15, 0.2) is 0 Å². The van der Waals surface area contributed by atoms with Crippen molar-refractivity contribution in [3.8, 4) is 0 Å². The van der Waals surface area contributed by atoms with E-state index >= 15 is 0 Å². The average molecular weight is 315 g/mol. The van der Waals surface area contributed by atoms with Gasteiger partial charge in [-0.25, -0.2) is 23.2 Å². The number of sulfonamides is 1. The molecule has 0 saturated carbocycles. The summed E-state index contributed by atoms with van der Waals surface area (Å²) in [4.78, 5) is 6.70. The van der Waals surface area contributed by atoms with Crippen LogP contribution in [0.4, 0.5) is 0 Å². The molecule has 21 heavy (non-hydrogen) atoms. The molecule has 0 unspecified atom stereocenters. The molecular weight excluding hydrogens is 290 g/mol. The number of primary sulfonamides is 1. The summed E-state index contributed by atoms with van der Waals surface area (Å²) in [6, 6.07) is 0.402. The highest BCUT2D eigenvalue weighted by molar-refractivity contribution is 7.89. The Morgan fingerprint density at radius 2 is 2.10 bits per heavy atom. The van der Waals surface area contributed by atoms with Crippen LogP contribution in [-0.4, -0.2) is 53.0 Å². The van der Waals surface area contributed by atoms with E-state index in [4.69, 9.17) is 5.14 Å². The third kappa shape index (κ3) is 5.05. The molecule has 0 bridgehead atoms. The zero-order chi connectivity index (χ0) is 15.5. The lowest BCUT2D eigenvalue weighted by Gasteiger charge is -2.35. The topological polar surface area (TPSA) is 94.1 Å².